The SMILES string of the molecule is CCn1c(SC)nnc1C1CCCN1Cc1cccnc1. The fraction of sp³-hybridized carbons (Fsp3) is 0.533. The quantitative estimate of drug-likeness (QED) is 0.795. The number of likely N-dealkylation sites (tertiary alicyclic amines) is 1. The van der Waals surface area contributed by atoms with E-state index < -0.39 is 0 Å². The lowest BCUT2D eigenvalue weighted by Crippen LogP contribution is -2.25. The van der Waals surface area contributed by atoms with Crippen molar-refractivity contribution in [3.8, 4) is 0 Å². The molecule has 1 fully saturated rings. The van der Waals surface area contributed by atoms with Gasteiger partial charge < -0.3 is 4.57 Å². The maximum absolute atomic E-state index is 4.47. The molecule has 0 aromatic carbocycles. The third kappa shape index (κ3) is 2.96. The highest BCUT2D eigenvalue weighted by Crippen LogP contribution is 2.33. The predicted octanol–water partition coefficient (Wildman–Crippen LogP) is 2.75. The van der Waals surface area contributed by atoms with Crippen LogP contribution in [0.3, 0.4) is 0 Å². The van der Waals surface area contributed by atoms with Crippen LogP contribution in [0.15, 0.2) is 29.7 Å². The molecule has 0 aliphatic carbocycles. The topological polar surface area (TPSA) is 46.8 Å². The van der Waals surface area contributed by atoms with Gasteiger partial charge in [0.1, 0.15) is 0 Å². The van der Waals surface area contributed by atoms with Gasteiger partial charge in [-0.2, -0.15) is 0 Å². The molecular formula is C15H21N5S. The Balaban J connectivity index is 1.82. The minimum atomic E-state index is 0.374. The standard InChI is InChI=1S/C15H21N5S/c1-3-20-14(17-18-15(20)21-2)13-7-5-9-19(13)11-12-6-4-8-16-10-12/h4,6,8,10,13H,3,5,7,9,11H2,1-2H3. The summed E-state index contributed by atoms with van der Waals surface area (Å²) in [5, 5.41) is 9.81. The molecule has 3 rings (SSSR count). The third-order valence-corrected chi connectivity index (χ3v) is 4.68. The van der Waals surface area contributed by atoms with Gasteiger partial charge >= 0.3 is 0 Å². The van der Waals surface area contributed by atoms with Crippen LogP contribution in [0.25, 0.3) is 0 Å². The van der Waals surface area contributed by atoms with Crippen molar-refractivity contribution in [2.24, 2.45) is 0 Å². The average molecular weight is 303 g/mol. The normalized spacial score (nSPS) is 19.2. The lowest BCUT2D eigenvalue weighted by molar-refractivity contribution is 0.234. The van der Waals surface area contributed by atoms with Crippen LogP contribution in [-0.2, 0) is 13.1 Å². The van der Waals surface area contributed by atoms with Gasteiger partial charge in [0.2, 0.25) is 0 Å². The summed E-state index contributed by atoms with van der Waals surface area (Å²) in [6.45, 7) is 5.14. The first-order valence-electron chi connectivity index (χ1n) is 7.43. The van der Waals surface area contributed by atoms with Crippen LogP contribution in [-0.4, -0.2) is 37.4 Å². The molecule has 1 aliphatic rings. The molecule has 112 valence electrons. The van der Waals surface area contributed by atoms with Crippen molar-refractivity contribution < 1.29 is 0 Å². The van der Waals surface area contributed by atoms with Crippen LogP contribution < -0.4 is 0 Å². The van der Waals surface area contributed by atoms with Gasteiger partial charge in [-0.25, -0.2) is 0 Å². The molecule has 1 atom stereocenters. The van der Waals surface area contributed by atoms with Crippen LogP contribution in [0.5, 0.6) is 0 Å². The van der Waals surface area contributed by atoms with Gasteiger partial charge in [-0.3, -0.25) is 9.88 Å². The average Bonchev–Trinajstić information content (AvgIpc) is 3.13. The molecule has 0 saturated carbocycles. The Morgan fingerprint density at radius 3 is 3.00 bits per heavy atom. The molecular weight excluding hydrogens is 282 g/mol. The molecule has 2 aromatic heterocycles. The summed E-state index contributed by atoms with van der Waals surface area (Å²) < 4.78 is 2.25. The van der Waals surface area contributed by atoms with Gasteiger partial charge in [0.25, 0.3) is 0 Å². The van der Waals surface area contributed by atoms with Crippen molar-refractivity contribution in [2.45, 2.75) is 44.1 Å². The molecule has 1 saturated heterocycles. The van der Waals surface area contributed by atoms with Crippen molar-refractivity contribution in [2.75, 3.05) is 12.8 Å². The predicted molar refractivity (Wildman–Crippen MR) is 84.1 cm³/mol. The van der Waals surface area contributed by atoms with E-state index in [1.807, 2.05) is 18.5 Å². The van der Waals surface area contributed by atoms with Crippen LogP contribution >= 0.6 is 11.8 Å². The second kappa shape index (κ2) is 6.58. The van der Waals surface area contributed by atoms with Crippen LogP contribution in [0.2, 0.25) is 0 Å². The zero-order chi connectivity index (χ0) is 14.7. The Kier molecular flexibility index (Phi) is 4.55. The largest absolute Gasteiger partial charge is 0.305 e. The molecule has 0 amide bonds. The van der Waals surface area contributed by atoms with Crippen LogP contribution in [0, 0.1) is 0 Å². The molecule has 2 aromatic rings. The maximum atomic E-state index is 4.47. The third-order valence-electron chi connectivity index (χ3n) is 4.01. The maximum Gasteiger partial charge on any atom is 0.190 e. The first-order chi connectivity index (χ1) is 10.3. The first-order valence-corrected chi connectivity index (χ1v) is 8.66. The molecule has 1 unspecified atom stereocenters. The van der Waals surface area contributed by atoms with Crippen molar-refractivity contribution >= 4 is 11.8 Å². The highest BCUT2D eigenvalue weighted by atomic mass is 32.2. The highest BCUT2D eigenvalue weighted by Gasteiger charge is 2.30. The smallest absolute Gasteiger partial charge is 0.190 e. The van der Waals surface area contributed by atoms with E-state index in [-0.39, 0.29) is 0 Å². The number of pyridine rings is 1. The number of hydrogen-bond donors (Lipinski definition) is 0. The summed E-state index contributed by atoms with van der Waals surface area (Å²) in [6.07, 6.45) is 8.21. The van der Waals surface area contributed by atoms with E-state index in [2.05, 4.69) is 43.9 Å². The Bertz CT molecular complexity index is 583. The summed E-state index contributed by atoms with van der Waals surface area (Å²) in [6, 6.07) is 4.51. The lowest BCUT2D eigenvalue weighted by atomic mass is 10.2. The minimum Gasteiger partial charge on any atom is -0.305 e. The van der Waals surface area contributed by atoms with E-state index in [9.17, 15) is 0 Å². The molecule has 0 bridgehead atoms. The van der Waals surface area contributed by atoms with Crippen LogP contribution in [0.4, 0.5) is 0 Å². The zero-order valence-corrected chi connectivity index (χ0v) is 13.4. The molecule has 6 heteroatoms. The van der Waals surface area contributed by atoms with E-state index in [1.165, 1.54) is 12.0 Å². The van der Waals surface area contributed by atoms with Gasteiger partial charge in [-0.15, -0.1) is 10.2 Å². The number of nitrogens with zero attached hydrogens (tertiary/aromatic N) is 5. The Morgan fingerprint density at radius 1 is 1.38 bits per heavy atom. The number of rotatable bonds is 5. The summed E-state index contributed by atoms with van der Waals surface area (Å²) in [5.41, 5.74) is 1.26. The molecule has 5 nitrogen and oxygen atoms in total. The molecule has 21 heavy (non-hydrogen) atoms. The molecule has 0 radical (unpaired) electrons. The zero-order valence-electron chi connectivity index (χ0n) is 12.6. The molecule has 0 N–H and O–H groups in total. The Hall–Kier alpha value is -1.40. The summed E-state index contributed by atoms with van der Waals surface area (Å²) in [5.74, 6) is 1.11. The van der Waals surface area contributed by atoms with Gasteiger partial charge in [-0.05, 0) is 44.2 Å². The number of aromatic nitrogens is 4. The number of hydrogen-bond acceptors (Lipinski definition) is 5. The van der Waals surface area contributed by atoms with E-state index in [0.29, 0.717) is 6.04 Å². The summed E-state index contributed by atoms with van der Waals surface area (Å²) in [4.78, 5) is 6.71. The van der Waals surface area contributed by atoms with Crippen molar-refractivity contribution in [3.63, 3.8) is 0 Å². The van der Waals surface area contributed by atoms with Gasteiger partial charge in [-0.1, -0.05) is 17.8 Å². The number of thioether (sulfide) groups is 1. The van der Waals surface area contributed by atoms with E-state index in [0.717, 1.165) is 37.0 Å². The second-order valence-electron chi connectivity index (χ2n) is 5.28. The van der Waals surface area contributed by atoms with E-state index in [4.69, 9.17) is 0 Å². The molecule has 3 heterocycles. The lowest BCUT2D eigenvalue weighted by Gasteiger charge is -2.24. The molecule has 1 aliphatic heterocycles. The summed E-state index contributed by atoms with van der Waals surface area (Å²) in [7, 11) is 0. The summed E-state index contributed by atoms with van der Waals surface area (Å²) >= 11 is 1.67. The second-order valence-corrected chi connectivity index (χ2v) is 6.05. The fourth-order valence-electron chi connectivity index (χ4n) is 3.03. The van der Waals surface area contributed by atoms with Crippen molar-refractivity contribution in [3.05, 3.63) is 35.9 Å². The van der Waals surface area contributed by atoms with E-state index in [1.54, 1.807) is 11.8 Å². The van der Waals surface area contributed by atoms with Crippen LogP contribution in [0.1, 0.15) is 37.2 Å². The Morgan fingerprint density at radius 2 is 2.29 bits per heavy atom. The Labute approximate surface area is 129 Å². The minimum absolute atomic E-state index is 0.374. The van der Waals surface area contributed by atoms with Gasteiger partial charge in [0.05, 0.1) is 6.04 Å². The molecule has 0 spiro atoms. The van der Waals surface area contributed by atoms with Crippen molar-refractivity contribution in [1.29, 1.82) is 0 Å². The first kappa shape index (κ1) is 14.5. The van der Waals surface area contributed by atoms with E-state index >= 15 is 0 Å². The fourth-order valence-corrected chi connectivity index (χ4v) is 3.59. The van der Waals surface area contributed by atoms with Gasteiger partial charge in [0.15, 0.2) is 11.0 Å². The monoisotopic (exact) mass is 303 g/mol. The van der Waals surface area contributed by atoms with Crippen molar-refractivity contribution in [1.82, 2.24) is 24.6 Å². The highest BCUT2D eigenvalue weighted by molar-refractivity contribution is 7.98. The van der Waals surface area contributed by atoms with Gasteiger partial charge in [0, 0.05) is 25.5 Å².